The van der Waals surface area contributed by atoms with Crippen molar-refractivity contribution in [2.24, 2.45) is 17.3 Å². The highest BCUT2D eigenvalue weighted by atomic mass is 16.5. The molecule has 0 saturated heterocycles. The van der Waals surface area contributed by atoms with Crippen LogP contribution in [0.3, 0.4) is 0 Å². The van der Waals surface area contributed by atoms with Gasteiger partial charge in [-0.15, -0.1) is 0 Å². The minimum atomic E-state index is -0.155. The SMILES string of the molecule is CC(=O)OCC1(C)CC[C@H](C)[C@H](C)C1. The van der Waals surface area contributed by atoms with Crippen LogP contribution in [0.2, 0.25) is 0 Å². The maximum atomic E-state index is 10.8. The summed E-state index contributed by atoms with van der Waals surface area (Å²) in [6, 6.07) is 0. The molecule has 0 amide bonds. The van der Waals surface area contributed by atoms with Crippen LogP contribution in [-0.4, -0.2) is 12.6 Å². The molecule has 2 heteroatoms. The maximum Gasteiger partial charge on any atom is 0.302 e. The van der Waals surface area contributed by atoms with Crippen LogP contribution >= 0.6 is 0 Å². The van der Waals surface area contributed by atoms with Crippen LogP contribution in [0.1, 0.15) is 47.0 Å². The summed E-state index contributed by atoms with van der Waals surface area (Å²) < 4.78 is 5.13. The van der Waals surface area contributed by atoms with Crippen molar-refractivity contribution in [3.05, 3.63) is 0 Å². The molecule has 0 aromatic heterocycles. The van der Waals surface area contributed by atoms with E-state index < -0.39 is 0 Å². The third-order valence-electron chi connectivity index (χ3n) is 3.61. The molecule has 1 unspecified atom stereocenters. The molecular formula is C12H22O2. The van der Waals surface area contributed by atoms with Crippen molar-refractivity contribution in [2.45, 2.75) is 47.0 Å². The predicted octanol–water partition coefficient (Wildman–Crippen LogP) is 3.01. The minimum Gasteiger partial charge on any atom is -0.465 e. The van der Waals surface area contributed by atoms with Crippen molar-refractivity contribution in [1.29, 1.82) is 0 Å². The molecule has 0 aromatic carbocycles. The predicted molar refractivity (Wildman–Crippen MR) is 56.9 cm³/mol. The Balaban J connectivity index is 2.45. The van der Waals surface area contributed by atoms with Crippen molar-refractivity contribution in [3.8, 4) is 0 Å². The summed E-state index contributed by atoms with van der Waals surface area (Å²) in [7, 11) is 0. The highest BCUT2D eigenvalue weighted by molar-refractivity contribution is 5.65. The van der Waals surface area contributed by atoms with Gasteiger partial charge in [-0.1, -0.05) is 20.8 Å². The average molecular weight is 198 g/mol. The van der Waals surface area contributed by atoms with Gasteiger partial charge in [0.05, 0.1) is 6.61 Å². The van der Waals surface area contributed by atoms with E-state index in [0.29, 0.717) is 6.61 Å². The molecule has 82 valence electrons. The van der Waals surface area contributed by atoms with Gasteiger partial charge in [-0.3, -0.25) is 4.79 Å². The van der Waals surface area contributed by atoms with Gasteiger partial charge in [0, 0.05) is 12.3 Å². The lowest BCUT2D eigenvalue weighted by molar-refractivity contribution is -0.145. The summed E-state index contributed by atoms with van der Waals surface area (Å²) in [5.74, 6) is 1.42. The highest BCUT2D eigenvalue weighted by Crippen LogP contribution is 2.41. The summed E-state index contributed by atoms with van der Waals surface area (Å²) in [5, 5.41) is 0. The second-order valence-corrected chi connectivity index (χ2v) is 5.29. The van der Waals surface area contributed by atoms with Gasteiger partial charge in [0.25, 0.3) is 0 Å². The quantitative estimate of drug-likeness (QED) is 0.637. The Morgan fingerprint density at radius 3 is 2.57 bits per heavy atom. The fourth-order valence-electron chi connectivity index (χ4n) is 2.35. The summed E-state index contributed by atoms with van der Waals surface area (Å²) in [6.45, 7) is 8.93. The van der Waals surface area contributed by atoms with Crippen molar-refractivity contribution in [1.82, 2.24) is 0 Å². The number of hydrogen-bond donors (Lipinski definition) is 0. The van der Waals surface area contributed by atoms with Gasteiger partial charge >= 0.3 is 5.97 Å². The third kappa shape index (κ3) is 3.00. The van der Waals surface area contributed by atoms with E-state index in [2.05, 4.69) is 20.8 Å². The topological polar surface area (TPSA) is 26.3 Å². The lowest BCUT2D eigenvalue weighted by Crippen LogP contribution is -2.33. The first-order chi connectivity index (χ1) is 6.43. The van der Waals surface area contributed by atoms with Gasteiger partial charge in [-0.25, -0.2) is 0 Å². The van der Waals surface area contributed by atoms with Crippen molar-refractivity contribution in [2.75, 3.05) is 6.61 Å². The van der Waals surface area contributed by atoms with Crippen molar-refractivity contribution in [3.63, 3.8) is 0 Å². The summed E-state index contributed by atoms with van der Waals surface area (Å²) in [4.78, 5) is 10.8. The summed E-state index contributed by atoms with van der Waals surface area (Å²) in [5.41, 5.74) is 0.220. The molecule has 1 rings (SSSR count). The Labute approximate surface area is 87.0 Å². The molecule has 0 aromatic rings. The Morgan fingerprint density at radius 1 is 1.43 bits per heavy atom. The molecule has 0 N–H and O–H groups in total. The highest BCUT2D eigenvalue weighted by Gasteiger charge is 2.34. The summed E-state index contributed by atoms with van der Waals surface area (Å²) in [6.07, 6.45) is 3.63. The zero-order valence-corrected chi connectivity index (χ0v) is 9.80. The Morgan fingerprint density at radius 2 is 2.07 bits per heavy atom. The van der Waals surface area contributed by atoms with Crippen LogP contribution in [-0.2, 0) is 9.53 Å². The van der Waals surface area contributed by atoms with Crippen LogP contribution in [0.25, 0.3) is 0 Å². The number of rotatable bonds is 2. The largest absolute Gasteiger partial charge is 0.465 e. The lowest BCUT2D eigenvalue weighted by Gasteiger charge is -2.39. The van der Waals surface area contributed by atoms with E-state index in [1.54, 1.807) is 0 Å². The Bertz CT molecular complexity index is 212. The molecule has 3 atom stereocenters. The number of esters is 1. The van der Waals surface area contributed by atoms with E-state index >= 15 is 0 Å². The molecule has 0 bridgehead atoms. The van der Waals surface area contributed by atoms with E-state index in [-0.39, 0.29) is 11.4 Å². The van der Waals surface area contributed by atoms with Crippen LogP contribution in [0.4, 0.5) is 0 Å². The van der Waals surface area contributed by atoms with E-state index in [1.165, 1.54) is 26.2 Å². The number of hydrogen-bond acceptors (Lipinski definition) is 2. The second-order valence-electron chi connectivity index (χ2n) is 5.29. The molecule has 0 radical (unpaired) electrons. The smallest absolute Gasteiger partial charge is 0.302 e. The maximum absolute atomic E-state index is 10.8. The molecule has 2 nitrogen and oxygen atoms in total. The van der Waals surface area contributed by atoms with Gasteiger partial charge in [0.2, 0.25) is 0 Å². The normalized spacial score (nSPS) is 38.0. The molecule has 0 spiro atoms. The van der Waals surface area contributed by atoms with E-state index in [9.17, 15) is 4.79 Å². The molecule has 1 aliphatic rings. The average Bonchev–Trinajstić information content (AvgIpc) is 2.09. The van der Waals surface area contributed by atoms with Gasteiger partial charge in [-0.2, -0.15) is 0 Å². The number of carbonyl (C=O) groups is 1. The standard InChI is InChI=1S/C12H22O2/c1-9-5-6-12(4,7-10(9)2)8-14-11(3)13/h9-10H,5-8H2,1-4H3/t9-,10+,12?/m0/s1. The van der Waals surface area contributed by atoms with Gasteiger partial charge in [-0.05, 0) is 31.1 Å². The second kappa shape index (κ2) is 4.33. The monoisotopic (exact) mass is 198 g/mol. The third-order valence-corrected chi connectivity index (χ3v) is 3.61. The molecule has 14 heavy (non-hydrogen) atoms. The number of carbonyl (C=O) groups excluding carboxylic acids is 1. The summed E-state index contributed by atoms with van der Waals surface area (Å²) >= 11 is 0. The van der Waals surface area contributed by atoms with E-state index in [0.717, 1.165) is 11.8 Å². The molecule has 0 heterocycles. The molecular weight excluding hydrogens is 176 g/mol. The molecule has 0 aliphatic heterocycles. The zero-order chi connectivity index (χ0) is 10.8. The number of ether oxygens (including phenoxy) is 1. The van der Waals surface area contributed by atoms with Crippen molar-refractivity contribution >= 4 is 5.97 Å². The van der Waals surface area contributed by atoms with Crippen molar-refractivity contribution < 1.29 is 9.53 Å². The van der Waals surface area contributed by atoms with Gasteiger partial charge in [0.15, 0.2) is 0 Å². The zero-order valence-electron chi connectivity index (χ0n) is 9.80. The van der Waals surface area contributed by atoms with Crippen LogP contribution in [0.15, 0.2) is 0 Å². The van der Waals surface area contributed by atoms with E-state index in [4.69, 9.17) is 4.74 Å². The first-order valence-corrected chi connectivity index (χ1v) is 5.56. The Hall–Kier alpha value is -0.530. The van der Waals surface area contributed by atoms with Gasteiger partial charge < -0.3 is 4.74 Å². The fourth-order valence-corrected chi connectivity index (χ4v) is 2.35. The minimum absolute atomic E-state index is 0.155. The molecule has 1 fully saturated rings. The van der Waals surface area contributed by atoms with Gasteiger partial charge in [0.1, 0.15) is 0 Å². The first-order valence-electron chi connectivity index (χ1n) is 5.56. The van der Waals surface area contributed by atoms with E-state index in [1.807, 2.05) is 0 Å². The first kappa shape index (κ1) is 11.5. The lowest BCUT2D eigenvalue weighted by atomic mass is 9.68. The molecule has 1 saturated carbocycles. The van der Waals surface area contributed by atoms with Crippen LogP contribution < -0.4 is 0 Å². The van der Waals surface area contributed by atoms with Crippen LogP contribution in [0.5, 0.6) is 0 Å². The Kier molecular flexibility index (Phi) is 3.57. The molecule has 1 aliphatic carbocycles. The fraction of sp³-hybridized carbons (Fsp3) is 0.917. The van der Waals surface area contributed by atoms with Crippen LogP contribution in [0, 0.1) is 17.3 Å².